The second-order valence-corrected chi connectivity index (χ2v) is 8.60. The monoisotopic (exact) mass is 446 g/mol. The van der Waals surface area contributed by atoms with Gasteiger partial charge in [-0.25, -0.2) is 4.98 Å². The van der Waals surface area contributed by atoms with Crippen LogP contribution in [-0.2, 0) is 9.53 Å². The van der Waals surface area contributed by atoms with Crippen LogP contribution in [0.1, 0.15) is 38.2 Å². The highest BCUT2D eigenvalue weighted by atomic mass is 32.2. The number of rotatable bonds is 10. The number of fused-ring (bicyclic) bond motifs is 1. The van der Waals surface area contributed by atoms with Gasteiger partial charge in [0, 0.05) is 33.0 Å². The van der Waals surface area contributed by atoms with E-state index < -0.39 is 0 Å². The Morgan fingerprint density at radius 3 is 2.87 bits per heavy atom. The van der Waals surface area contributed by atoms with E-state index in [1.165, 1.54) is 16.2 Å². The second kappa shape index (κ2) is 10.7. The Morgan fingerprint density at radius 2 is 2.10 bits per heavy atom. The molecule has 0 atom stereocenters. The summed E-state index contributed by atoms with van der Waals surface area (Å²) in [5.74, 6) is 0.308. The molecule has 1 aliphatic rings. The molecule has 1 N–H and O–H groups in total. The lowest BCUT2D eigenvalue weighted by Gasteiger charge is -2.13. The zero-order valence-electron chi connectivity index (χ0n) is 17.2. The number of amides is 1. The fourth-order valence-corrected chi connectivity index (χ4v) is 4.43. The van der Waals surface area contributed by atoms with E-state index in [2.05, 4.69) is 17.2 Å². The van der Waals surface area contributed by atoms with Gasteiger partial charge in [-0.15, -0.1) is 0 Å². The van der Waals surface area contributed by atoms with Crippen LogP contribution >= 0.6 is 24.0 Å². The van der Waals surface area contributed by atoms with Crippen molar-refractivity contribution >= 4 is 51.7 Å². The summed E-state index contributed by atoms with van der Waals surface area (Å²) in [6, 6.07) is 5.41. The van der Waals surface area contributed by atoms with Gasteiger partial charge in [0.25, 0.3) is 11.5 Å². The molecule has 2 aromatic heterocycles. The van der Waals surface area contributed by atoms with Gasteiger partial charge in [-0.1, -0.05) is 49.8 Å². The molecular weight excluding hydrogens is 420 g/mol. The molecule has 1 amide bonds. The highest BCUT2D eigenvalue weighted by Crippen LogP contribution is 2.33. The Bertz CT molecular complexity index is 1020. The van der Waals surface area contributed by atoms with E-state index in [0.717, 1.165) is 19.3 Å². The number of hydrogen-bond donors (Lipinski definition) is 1. The van der Waals surface area contributed by atoms with Crippen molar-refractivity contribution in [1.82, 2.24) is 14.3 Å². The molecule has 1 saturated heterocycles. The summed E-state index contributed by atoms with van der Waals surface area (Å²) >= 11 is 6.59. The number of hydrogen-bond acceptors (Lipinski definition) is 7. The molecule has 2 aromatic rings. The molecule has 0 radical (unpaired) electrons. The second-order valence-electron chi connectivity index (χ2n) is 6.92. The zero-order valence-corrected chi connectivity index (χ0v) is 18.9. The Kier molecular flexibility index (Phi) is 8.01. The number of aromatic nitrogens is 2. The lowest BCUT2D eigenvalue weighted by atomic mass is 10.2. The topological polar surface area (TPSA) is 75.9 Å². The van der Waals surface area contributed by atoms with Crippen molar-refractivity contribution < 1.29 is 9.53 Å². The minimum atomic E-state index is -0.219. The molecule has 7 nitrogen and oxygen atoms in total. The maximum Gasteiger partial charge on any atom is 0.267 e. The van der Waals surface area contributed by atoms with E-state index in [0.29, 0.717) is 52.4 Å². The van der Waals surface area contributed by atoms with Crippen LogP contribution in [0, 0.1) is 0 Å². The smallest absolute Gasteiger partial charge is 0.267 e. The summed E-state index contributed by atoms with van der Waals surface area (Å²) < 4.78 is 7.04. The van der Waals surface area contributed by atoms with Crippen LogP contribution in [0.25, 0.3) is 11.7 Å². The fraction of sp³-hybridized carbons (Fsp3) is 0.429. The Morgan fingerprint density at radius 1 is 1.27 bits per heavy atom. The normalized spacial score (nSPS) is 15.5. The number of thiocarbonyl (C=S) groups is 1. The highest BCUT2D eigenvalue weighted by Gasteiger charge is 2.32. The van der Waals surface area contributed by atoms with Crippen molar-refractivity contribution in [2.75, 3.05) is 32.1 Å². The summed E-state index contributed by atoms with van der Waals surface area (Å²) in [5, 5.41) is 3.28. The average Bonchev–Trinajstić information content (AvgIpc) is 3.01. The summed E-state index contributed by atoms with van der Waals surface area (Å²) in [7, 11) is 1.62. The van der Waals surface area contributed by atoms with Gasteiger partial charge in [0.1, 0.15) is 15.8 Å². The number of thioether (sulfide) groups is 1. The molecule has 0 aromatic carbocycles. The van der Waals surface area contributed by atoms with Gasteiger partial charge < -0.3 is 10.1 Å². The van der Waals surface area contributed by atoms with Gasteiger partial charge in [-0.05, 0) is 31.1 Å². The Hall–Kier alpha value is -2.23. The average molecular weight is 447 g/mol. The molecule has 0 saturated carbocycles. The number of nitrogens with zero attached hydrogens (tertiary/aromatic N) is 3. The molecule has 0 spiro atoms. The van der Waals surface area contributed by atoms with Gasteiger partial charge in [0.05, 0.1) is 10.5 Å². The van der Waals surface area contributed by atoms with Crippen LogP contribution in [0.3, 0.4) is 0 Å². The van der Waals surface area contributed by atoms with E-state index in [1.807, 2.05) is 6.07 Å². The molecule has 0 bridgehead atoms. The number of unbranched alkanes of at least 4 members (excludes halogenated alkanes) is 2. The summed E-state index contributed by atoms with van der Waals surface area (Å²) in [4.78, 5) is 32.6. The lowest BCUT2D eigenvalue weighted by molar-refractivity contribution is -0.122. The maximum absolute atomic E-state index is 13.2. The summed E-state index contributed by atoms with van der Waals surface area (Å²) in [6.45, 7) is 3.90. The predicted octanol–water partition coefficient (Wildman–Crippen LogP) is 3.53. The van der Waals surface area contributed by atoms with Crippen LogP contribution in [0.2, 0.25) is 0 Å². The van der Waals surface area contributed by atoms with Crippen LogP contribution < -0.4 is 10.9 Å². The van der Waals surface area contributed by atoms with Gasteiger partial charge in [0.2, 0.25) is 0 Å². The van der Waals surface area contributed by atoms with E-state index in [4.69, 9.17) is 17.0 Å². The van der Waals surface area contributed by atoms with Crippen LogP contribution in [0.4, 0.5) is 5.82 Å². The molecule has 30 heavy (non-hydrogen) atoms. The molecule has 9 heteroatoms. The van der Waals surface area contributed by atoms with Crippen LogP contribution in [-0.4, -0.2) is 51.3 Å². The number of nitrogens with one attached hydrogen (secondary N) is 1. The third-order valence-corrected chi connectivity index (χ3v) is 6.10. The van der Waals surface area contributed by atoms with Crippen LogP contribution in [0.5, 0.6) is 0 Å². The van der Waals surface area contributed by atoms with Crippen molar-refractivity contribution in [1.29, 1.82) is 0 Å². The summed E-state index contributed by atoms with van der Waals surface area (Å²) in [6.07, 6.45) is 7.17. The molecule has 0 aliphatic carbocycles. The van der Waals surface area contributed by atoms with E-state index in [9.17, 15) is 9.59 Å². The first kappa shape index (κ1) is 22.5. The molecule has 3 rings (SSSR count). The van der Waals surface area contributed by atoms with Gasteiger partial charge in [-0.3, -0.25) is 18.9 Å². The Labute approximate surface area is 185 Å². The number of pyridine rings is 1. The first-order valence-corrected chi connectivity index (χ1v) is 11.3. The third-order valence-electron chi connectivity index (χ3n) is 4.72. The van der Waals surface area contributed by atoms with Crippen molar-refractivity contribution in [3.05, 3.63) is 45.2 Å². The zero-order chi connectivity index (χ0) is 21.5. The van der Waals surface area contributed by atoms with Crippen LogP contribution in [0.15, 0.2) is 34.1 Å². The molecule has 0 unspecified atom stereocenters. The van der Waals surface area contributed by atoms with Gasteiger partial charge in [0.15, 0.2) is 0 Å². The van der Waals surface area contributed by atoms with E-state index in [-0.39, 0.29) is 11.5 Å². The third kappa shape index (κ3) is 5.08. The minimum absolute atomic E-state index is 0.185. The quantitative estimate of drug-likeness (QED) is 0.340. The minimum Gasteiger partial charge on any atom is -0.385 e. The van der Waals surface area contributed by atoms with Crippen molar-refractivity contribution in [3.8, 4) is 0 Å². The molecule has 3 heterocycles. The van der Waals surface area contributed by atoms with Gasteiger partial charge in [-0.2, -0.15) is 0 Å². The number of anilines is 1. The van der Waals surface area contributed by atoms with E-state index in [1.54, 1.807) is 36.4 Å². The van der Waals surface area contributed by atoms with Crippen molar-refractivity contribution in [3.63, 3.8) is 0 Å². The SMILES string of the molecule is CCCCCNc1nc2ccccn2c(=O)c1C=C1SC(=S)N(CCCOC)C1=O. The van der Waals surface area contributed by atoms with E-state index >= 15 is 0 Å². The number of ether oxygens (including phenoxy) is 1. The highest BCUT2D eigenvalue weighted by molar-refractivity contribution is 8.26. The van der Waals surface area contributed by atoms with Crippen molar-refractivity contribution in [2.24, 2.45) is 0 Å². The number of carbonyl (C=O) groups is 1. The summed E-state index contributed by atoms with van der Waals surface area (Å²) in [5.41, 5.74) is 0.709. The lowest BCUT2D eigenvalue weighted by Crippen LogP contribution is -2.29. The molecule has 1 aliphatic heterocycles. The van der Waals surface area contributed by atoms with Gasteiger partial charge >= 0.3 is 0 Å². The Balaban J connectivity index is 1.95. The molecule has 1 fully saturated rings. The first-order chi connectivity index (χ1) is 14.6. The standard InChI is InChI=1S/C21H26N4O3S2/c1-3-4-6-10-22-18-15(19(26)24-11-7-5-9-17(24)23-18)14-16-20(27)25(21(29)30-16)12-8-13-28-2/h5,7,9,11,14,22H,3-4,6,8,10,12-13H2,1-2H3. The largest absolute Gasteiger partial charge is 0.385 e. The fourth-order valence-electron chi connectivity index (χ4n) is 3.14. The van der Waals surface area contributed by atoms with Crippen molar-refractivity contribution in [2.45, 2.75) is 32.6 Å². The number of methoxy groups -OCH3 is 1. The molecule has 160 valence electrons. The first-order valence-electron chi connectivity index (χ1n) is 10.1. The predicted molar refractivity (Wildman–Crippen MR) is 126 cm³/mol. The number of carbonyl (C=O) groups excluding carboxylic acids is 1. The maximum atomic E-state index is 13.2. The molecular formula is C21H26N4O3S2.